The lowest BCUT2D eigenvalue weighted by atomic mass is 9.83. The van der Waals surface area contributed by atoms with E-state index >= 15 is 0 Å². The fourth-order valence-corrected chi connectivity index (χ4v) is 3.05. The summed E-state index contributed by atoms with van der Waals surface area (Å²) in [4.78, 5) is 1.40. The molecule has 0 N–H and O–H groups in total. The number of ether oxygens (including phenoxy) is 1. The van der Waals surface area contributed by atoms with Gasteiger partial charge in [0.1, 0.15) is 12.4 Å². The molecule has 2 nitrogen and oxygen atoms in total. The van der Waals surface area contributed by atoms with Crippen LogP contribution in [-0.2, 0) is 4.74 Å². The minimum atomic E-state index is 0.0833. The molecule has 0 fully saturated rings. The first-order valence-corrected chi connectivity index (χ1v) is 7.23. The molecule has 0 aromatic heterocycles. The Kier molecular flexibility index (Phi) is 4.59. The third-order valence-corrected chi connectivity index (χ3v) is 4.70. The molecular weight excluding hydrogens is 230 g/mol. The molecule has 0 unspecified atom stereocenters. The topological polar surface area (TPSA) is 12.5 Å². The molecule has 0 aliphatic carbocycles. The summed E-state index contributed by atoms with van der Waals surface area (Å²) >= 11 is 1.86. The monoisotopic (exact) mass is 257 g/mol. The normalized spacial score (nSPS) is 20.2. The lowest BCUT2D eigenvalue weighted by Crippen LogP contribution is -2.21. The van der Waals surface area contributed by atoms with Crippen LogP contribution in [-0.4, -0.2) is 24.5 Å². The second kappa shape index (κ2) is 5.23. The van der Waals surface area contributed by atoms with Gasteiger partial charge >= 0.3 is 0 Å². The molecule has 3 heteroatoms. The summed E-state index contributed by atoms with van der Waals surface area (Å²) in [6.45, 7) is 15.3. The Morgan fingerprint density at radius 1 is 1.24 bits per heavy atom. The van der Waals surface area contributed by atoms with E-state index in [1.54, 1.807) is 0 Å². The maximum atomic E-state index is 6.06. The van der Waals surface area contributed by atoms with E-state index in [-0.39, 0.29) is 10.8 Å². The molecule has 0 amide bonds. The van der Waals surface area contributed by atoms with Crippen molar-refractivity contribution >= 4 is 11.9 Å². The number of nitrogens with zero attached hydrogens (tertiary/aromatic N) is 1. The van der Waals surface area contributed by atoms with Crippen LogP contribution in [0.3, 0.4) is 0 Å². The van der Waals surface area contributed by atoms with Crippen molar-refractivity contribution in [3.05, 3.63) is 10.7 Å². The van der Waals surface area contributed by atoms with E-state index in [0.29, 0.717) is 0 Å². The van der Waals surface area contributed by atoms with Crippen LogP contribution in [0.5, 0.6) is 0 Å². The third-order valence-electron chi connectivity index (χ3n) is 3.29. The van der Waals surface area contributed by atoms with Crippen LogP contribution in [0.15, 0.2) is 10.7 Å². The molecule has 0 aromatic rings. The largest absolute Gasteiger partial charge is 0.495 e. The quantitative estimate of drug-likeness (QED) is 0.685. The summed E-state index contributed by atoms with van der Waals surface area (Å²) in [6, 6.07) is 0. The van der Waals surface area contributed by atoms with Crippen molar-refractivity contribution in [2.45, 2.75) is 48.0 Å². The lowest BCUT2D eigenvalue weighted by Gasteiger charge is -2.33. The van der Waals surface area contributed by atoms with Crippen molar-refractivity contribution in [3.8, 4) is 0 Å². The number of rotatable bonds is 2. The summed E-state index contributed by atoms with van der Waals surface area (Å²) < 4.78 is 8.34. The summed E-state index contributed by atoms with van der Waals surface area (Å²) in [5, 5.41) is 0. The highest BCUT2D eigenvalue weighted by Crippen LogP contribution is 2.46. The first kappa shape index (κ1) is 14.9. The van der Waals surface area contributed by atoms with Gasteiger partial charge in [-0.2, -0.15) is 0 Å². The lowest BCUT2D eigenvalue weighted by molar-refractivity contribution is 0.142. The van der Waals surface area contributed by atoms with Gasteiger partial charge in [0, 0.05) is 22.3 Å². The van der Waals surface area contributed by atoms with Gasteiger partial charge < -0.3 is 4.74 Å². The fourth-order valence-electron chi connectivity index (χ4n) is 1.73. The van der Waals surface area contributed by atoms with Crippen molar-refractivity contribution in [2.75, 3.05) is 20.2 Å². The first-order chi connectivity index (χ1) is 7.68. The molecule has 100 valence electrons. The van der Waals surface area contributed by atoms with Gasteiger partial charge in [0.25, 0.3) is 0 Å². The minimum Gasteiger partial charge on any atom is -0.495 e. The second-order valence-electron chi connectivity index (χ2n) is 6.44. The van der Waals surface area contributed by atoms with Crippen LogP contribution in [0.1, 0.15) is 48.0 Å². The van der Waals surface area contributed by atoms with Crippen molar-refractivity contribution < 1.29 is 4.74 Å². The summed E-state index contributed by atoms with van der Waals surface area (Å²) in [7, 11) is 2.14. The Hall–Kier alpha value is -0.150. The average molecular weight is 257 g/mol. The van der Waals surface area contributed by atoms with Crippen LogP contribution in [0.25, 0.3) is 0 Å². The molecule has 0 saturated carbocycles. The van der Waals surface area contributed by atoms with Gasteiger partial charge in [-0.25, -0.2) is 4.31 Å². The summed E-state index contributed by atoms with van der Waals surface area (Å²) in [6.07, 6.45) is 1.13. The van der Waals surface area contributed by atoms with E-state index in [9.17, 15) is 0 Å². The van der Waals surface area contributed by atoms with Crippen molar-refractivity contribution in [1.82, 2.24) is 4.31 Å². The highest BCUT2D eigenvalue weighted by Gasteiger charge is 2.34. The molecule has 1 heterocycles. The fraction of sp³-hybridized carbons (Fsp3) is 0.857. The predicted octanol–water partition coefficient (Wildman–Crippen LogP) is 4.29. The van der Waals surface area contributed by atoms with Crippen molar-refractivity contribution in [3.63, 3.8) is 0 Å². The number of hydrogen-bond acceptors (Lipinski definition) is 3. The Morgan fingerprint density at radius 2 is 1.82 bits per heavy atom. The Morgan fingerprint density at radius 3 is 2.29 bits per heavy atom. The molecule has 0 saturated heterocycles. The van der Waals surface area contributed by atoms with Crippen LogP contribution in [0, 0.1) is 10.8 Å². The maximum Gasteiger partial charge on any atom is 0.113 e. The molecule has 1 aliphatic heterocycles. The Balaban J connectivity index is 3.22. The summed E-state index contributed by atoms with van der Waals surface area (Å²) in [5.74, 6) is 1.18. The smallest absolute Gasteiger partial charge is 0.113 e. The SMILES string of the molecule is CCC(C)(C)C1=C(C(C)(C)C)OCCN(C)S1. The Labute approximate surface area is 111 Å². The molecule has 0 radical (unpaired) electrons. The van der Waals surface area contributed by atoms with Gasteiger partial charge in [0.15, 0.2) is 0 Å². The highest BCUT2D eigenvalue weighted by atomic mass is 32.2. The van der Waals surface area contributed by atoms with Gasteiger partial charge in [-0.1, -0.05) is 41.5 Å². The molecule has 17 heavy (non-hydrogen) atoms. The highest BCUT2D eigenvalue weighted by molar-refractivity contribution is 8.00. The van der Waals surface area contributed by atoms with E-state index in [2.05, 4.69) is 52.9 Å². The zero-order valence-corrected chi connectivity index (χ0v) is 13.2. The van der Waals surface area contributed by atoms with Gasteiger partial charge in [-0.3, -0.25) is 0 Å². The van der Waals surface area contributed by atoms with Crippen LogP contribution < -0.4 is 0 Å². The van der Waals surface area contributed by atoms with Crippen LogP contribution in [0.4, 0.5) is 0 Å². The zero-order valence-electron chi connectivity index (χ0n) is 12.4. The first-order valence-electron chi connectivity index (χ1n) is 6.45. The Bertz CT molecular complexity index is 302. The molecule has 0 aromatic carbocycles. The minimum absolute atomic E-state index is 0.0833. The maximum absolute atomic E-state index is 6.06. The summed E-state index contributed by atoms with van der Waals surface area (Å²) in [5.41, 5.74) is 0.270. The van der Waals surface area contributed by atoms with Crippen LogP contribution in [0.2, 0.25) is 0 Å². The van der Waals surface area contributed by atoms with Gasteiger partial charge in [0.2, 0.25) is 0 Å². The molecule has 1 rings (SSSR count). The average Bonchev–Trinajstić information content (AvgIpc) is 2.39. The van der Waals surface area contributed by atoms with Crippen LogP contribution >= 0.6 is 11.9 Å². The van der Waals surface area contributed by atoms with E-state index in [4.69, 9.17) is 4.74 Å². The molecule has 1 aliphatic rings. The van der Waals surface area contributed by atoms with E-state index in [1.165, 1.54) is 10.7 Å². The van der Waals surface area contributed by atoms with Gasteiger partial charge in [-0.15, -0.1) is 0 Å². The number of hydrogen-bond donors (Lipinski definition) is 0. The second-order valence-corrected chi connectivity index (χ2v) is 7.65. The molecule has 0 atom stereocenters. The van der Waals surface area contributed by atoms with Crippen molar-refractivity contribution in [1.29, 1.82) is 0 Å². The third kappa shape index (κ3) is 3.65. The number of likely N-dealkylation sites (N-methyl/N-ethyl adjacent to an activating group) is 1. The van der Waals surface area contributed by atoms with Gasteiger partial charge in [0.05, 0.1) is 0 Å². The van der Waals surface area contributed by atoms with Gasteiger partial charge in [-0.05, 0) is 25.4 Å². The molecule has 0 bridgehead atoms. The molecule has 0 spiro atoms. The van der Waals surface area contributed by atoms with E-state index in [1.807, 2.05) is 11.9 Å². The van der Waals surface area contributed by atoms with E-state index < -0.39 is 0 Å². The van der Waals surface area contributed by atoms with Crippen molar-refractivity contribution in [2.24, 2.45) is 10.8 Å². The van der Waals surface area contributed by atoms with E-state index in [0.717, 1.165) is 19.6 Å². The molecular formula is C14H27NOS. The standard InChI is InChI=1S/C14H27NOS/c1-8-14(5,6)12-11(13(2,3)4)16-10-9-15(7)17-12/h8-10H2,1-7H3. The number of allylic oxidation sites excluding steroid dienone is 2. The zero-order chi connectivity index (χ0) is 13.3. The predicted molar refractivity (Wildman–Crippen MR) is 76.7 cm³/mol.